The molecule has 2 rings (SSSR count). The van der Waals surface area contributed by atoms with E-state index in [9.17, 15) is 4.79 Å². The van der Waals surface area contributed by atoms with Gasteiger partial charge >= 0.3 is 0 Å². The molecule has 1 saturated heterocycles. The van der Waals surface area contributed by atoms with Crippen LogP contribution >= 0.6 is 24.0 Å². The van der Waals surface area contributed by atoms with Crippen LogP contribution in [0.15, 0.2) is 18.2 Å². The standard InChI is InChI=1S/C13H17ClN2O3.ClH/c1-18-11-3-2-9(6-10(11)14)7-16-13(17)12-8-15-4-5-19-12;/h2-3,6,12,15H,4-5,7-8H2,1H3,(H,16,17);1H. The Morgan fingerprint density at radius 3 is 3.00 bits per heavy atom. The van der Waals surface area contributed by atoms with Crippen molar-refractivity contribution >= 4 is 29.9 Å². The van der Waals surface area contributed by atoms with Crippen molar-refractivity contribution < 1.29 is 14.3 Å². The van der Waals surface area contributed by atoms with Crippen molar-refractivity contribution in [3.8, 4) is 5.75 Å². The average Bonchev–Trinajstić information content (AvgIpc) is 2.46. The maximum Gasteiger partial charge on any atom is 0.250 e. The van der Waals surface area contributed by atoms with Crippen molar-refractivity contribution in [1.82, 2.24) is 10.6 Å². The predicted molar refractivity (Wildman–Crippen MR) is 79.7 cm³/mol. The van der Waals surface area contributed by atoms with E-state index in [0.29, 0.717) is 30.5 Å². The van der Waals surface area contributed by atoms with Crippen LogP contribution in [0.1, 0.15) is 5.56 Å². The minimum atomic E-state index is -0.414. The summed E-state index contributed by atoms with van der Waals surface area (Å²) in [7, 11) is 1.57. The van der Waals surface area contributed by atoms with Crippen LogP contribution in [0, 0.1) is 0 Å². The quantitative estimate of drug-likeness (QED) is 0.879. The van der Waals surface area contributed by atoms with Gasteiger partial charge in [-0.3, -0.25) is 4.79 Å². The number of methoxy groups -OCH3 is 1. The molecule has 2 N–H and O–H groups in total. The van der Waals surface area contributed by atoms with Gasteiger partial charge in [0, 0.05) is 19.6 Å². The number of rotatable bonds is 4. The Morgan fingerprint density at radius 1 is 1.60 bits per heavy atom. The van der Waals surface area contributed by atoms with Crippen molar-refractivity contribution in [1.29, 1.82) is 0 Å². The van der Waals surface area contributed by atoms with E-state index < -0.39 is 6.10 Å². The highest BCUT2D eigenvalue weighted by molar-refractivity contribution is 6.32. The average molecular weight is 321 g/mol. The summed E-state index contributed by atoms with van der Waals surface area (Å²) in [4.78, 5) is 11.8. The monoisotopic (exact) mass is 320 g/mol. The first kappa shape index (κ1) is 17.0. The topological polar surface area (TPSA) is 59.6 Å². The number of benzene rings is 1. The molecule has 1 aromatic carbocycles. The van der Waals surface area contributed by atoms with Gasteiger partial charge in [-0.25, -0.2) is 0 Å². The molecule has 0 aromatic heterocycles. The van der Waals surface area contributed by atoms with Gasteiger partial charge in [-0.2, -0.15) is 0 Å². The Balaban J connectivity index is 0.00000200. The van der Waals surface area contributed by atoms with E-state index in [2.05, 4.69) is 10.6 Å². The molecule has 1 aliphatic heterocycles. The van der Waals surface area contributed by atoms with Gasteiger partial charge in [0.25, 0.3) is 5.91 Å². The lowest BCUT2D eigenvalue weighted by molar-refractivity contribution is -0.134. The molecule has 0 bridgehead atoms. The van der Waals surface area contributed by atoms with Gasteiger partial charge in [0.05, 0.1) is 18.7 Å². The van der Waals surface area contributed by atoms with Crippen molar-refractivity contribution in [2.24, 2.45) is 0 Å². The highest BCUT2D eigenvalue weighted by atomic mass is 35.5. The van der Waals surface area contributed by atoms with Crippen LogP contribution in [0.2, 0.25) is 5.02 Å². The van der Waals surface area contributed by atoms with Crippen molar-refractivity contribution in [2.45, 2.75) is 12.6 Å². The van der Waals surface area contributed by atoms with Crippen LogP contribution in [0.25, 0.3) is 0 Å². The van der Waals surface area contributed by atoms with Gasteiger partial charge in [0.2, 0.25) is 0 Å². The first-order valence-corrected chi connectivity index (χ1v) is 6.51. The van der Waals surface area contributed by atoms with Crippen molar-refractivity contribution in [3.05, 3.63) is 28.8 Å². The van der Waals surface area contributed by atoms with Crippen LogP contribution < -0.4 is 15.4 Å². The third-order valence-electron chi connectivity index (χ3n) is 2.90. The van der Waals surface area contributed by atoms with E-state index in [1.807, 2.05) is 6.07 Å². The molecule has 1 fully saturated rings. The zero-order valence-electron chi connectivity index (χ0n) is 11.1. The lowest BCUT2D eigenvalue weighted by atomic mass is 10.2. The highest BCUT2D eigenvalue weighted by Crippen LogP contribution is 2.24. The van der Waals surface area contributed by atoms with E-state index in [4.69, 9.17) is 21.1 Å². The highest BCUT2D eigenvalue weighted by Gasteiger charge is 2.21. The summed E-state index contributed by atoms with van der Waals surface area (Å²) in [5, 5.41) is 6.48. The molecule has 112 valence electrons. The number of carbonyl (C=O) groups excluding carboxylic acids is 1. The van der Waals surface area contributed by atoms with Crippen molar-refractivity contribution in [3.63, 3.8) is 0 Å². The fourth-order valence-corrected chi connectivity index (χ4v) is 2.14. The molecule has 1 unspecified atom stereocenters. The second-order valence-corrected chi connectivity index (χ2v) is 4.66. The molecular formula is C13H18Cl2N2O3. The maximum absolute atomic E-state index is 11.8. The molecule has 20 heavy (non-hydrogen) atoms. The fraction of sp³-hybridized carbons (Fsp3) is 0.462. The second kappa shape index (κ2) is 8.32. The van der Waals surface area contributed by atoms with Crippen LogP contribution in [0.5, 0.6) is 5.75 Å². The van der Waals surface area contributed by atoms with Crippen LogP contribution in [0.3, 0.4) is 0 Å². The fourth-order valence-electron chi connectivity index (χ4n) is 1.86. The lowest BCUT2D eigenvalue weighted by Crippen LogP contribution is -2.47. The molecule has 0 spiro atoms. The minimum absolute atomic E-state index is 0. The van der Waals surface area contributed by atoms with E-state index in [1.54, 1.807) is 19.2 Å². The number of amides is 1. The van der Waals surface area contributed by atoms with Gasteiger partial charge < -0.3 is 20.1 Å². The summed E-state index contributed by atoms with van der Waals surface area (Å²) in [5.41, 5.74) is 0.919. The largest absolute Gasteiger partial charge is 0.495 e. The summed E-state index contributed by atoms with van der Waals surface area (Å²) >= 11 is 6.02. The second-order valence-electron chi connectivity index (χ2n) is 4.25. The summed E-state index contributed by atoms with van der Waals surface area (Å²) in [5.74, 6) is 0.510. The Labute approximate surface area is 129 Å². The summed E-state index contributed by atoms with van der Waals surface area (Å²) < 4.78 is 10.4. The molecule has 5 nitrogen and oxygen atoms in total. The third kappa shape index (κ3) is 4.52. The van der Waals surface area contributed by atoms with Gasteiger partial charge in [0.15, 0.2) is 0 Å². The van der Waals surface area contributed by atoms with Crippen LogP contribution in [-0.4, -0.2) is 38.8 Å². The Hall–Kier alpha value is -1.01. The Morgan fingerprint density at radius 2 is 2.40 bits per heavy atom. The van der Waals surface area contributed by atoms with E-state index >= 15 is 0 Å². The van der Waals surface area contributed by atoms with E-state index in [-0.39, 0.29) is 18.3 Å². The summed E-state index contributed by atoms with van der Waals surface area (Å²) in [6.07, 6.45) is -0.414. The number of morpholine rings is 1. The number of halogens is 2. The third-order valence-corrected chi connectivity index (χ3v) is 3.20. The molecule has 1 aromatic rings. The van der Waals surface area contributed by atoms with Gasteiger partial charge in [-0.1, -0.05) is 17.7 Å². The number of ether oxygens (including phenoxy) is 2. The first-order chi connectivity index (χ1) is 9.20. The van der Waals surface area contributed by atoms with Gasteiger partial charge in [-0.05, 0) is 17.7 Å². The molecule has 1 aliphatic rings. The molecule has 0 saturated carbocycles. The maximum atomic E-state index is 11.8. The molecule has 1 amide bonds. The molecule has 1 heterocycles. The Bertz CT molecular complexity index is 451. The van der Waals surface area contributed by atoms with E-state index in [1.165, 1.54) is 0 Å². The number of nitrogens with one attached hydrogen (secondary N) is 2. The molecular weight excluding hydrogens is 303 g/mol. The number of hydrogen-bond donors (Lipinski definition) is 2. The lowest BCUT2D eigenvalue weighted by Gasteiger charge is -2.22. The molecule has 1 atom stereocenters. The number of carbonyl (C=O) groups is 1. The molecule has 0 radical (unpaired) electrons. The van der Waals surface area contributed by atoms with Crippen LogP contribution in [-0.2, 0) is 16.1 Å². The molecule has 7 heteroatoms. The number of hydrogen-bond acceptors (Lipinski definition) is 4. The van der Waals surface area contributed by atoms with Gasteiger partial charge in [-0.15, -0.1) is 12.4 Å². The zero-order chi connectivity index (χ0) is 13.7. The SMILES string of the molecule is COc1ccc(CNC(=O)C2CNCCO2)cc1Cl.Cl. The Kier molecular flexibility index (Phi) is 7.09. The van der Waals surface area contributed by atoms with E-state index in [0.717, 1.165) is 12.1 Å². The smallest absolute Gasteiger partial charge is 0.250 e. The molecule has 0 aliphatic carbocycles. The predicted octanol–water partition coefficient (Wildman–Crippen LogP) is 1.37. The summed E-state index contributed by atoms with van der Waals surface area (Å²) in [6, 6.07) is 5.42. The van der Waals surface area contributed by atoms with Gasteiger partial charge in [0.1, 0.15) is 11.9 Å². The summed E-state index contributed by atoms with van der Waals surface area (Å²) in [6.45, 7) is 2.32. The normalized spacial score (nSPS) is 18.0. The minimum Gasteiger partial charge on any atom is -0.495 e. The first-order valence-electron chi connectivity index (χ1n) is 6.13. The zero-order valence-corrected chi connectivity index (χ0v) is 12.7. The van der Waals surface area contributed by atoms with Crippen LogP contribution in [0.4, 0.5) is 0 Å². The van der Waals surface area contributed by atoms with Crippen molar-refractivity contribution in [2.75, 3.05) is 26.8 Å².